The highest BCUT2D eigenvalue weighted by atomic mass is 16.5. The molecule has 0 radical (unpaired) electrons. The van der Waals surface area contributed by atoms with Crippen molar-refractivity contribution >= 4 is 5.78 Å². The van der Waals surface area contributed by atoms with Crippen molar-refractivity contribution in [3.05, 3.63) is 64.2 Å². The van der Waals surface area contributed by atoms with Gasteiger partial charge in [-0.25, -0.2) is 0 Å². The number of phenols is 1. The second kappa shape index (κ2) is 7.70. The molecule has 6 heteroatoms. The van der Waals surface area contributed by atoms with Crippen LogP contribution in [0.15, 0.2) is 42.0 Å². The molecular formula is C25H28O6. The lowest BCUT2D eigenvalue weighted by Crippen LogP contribution is -2.48. The summed E-state index contributed by atoms with van der Waals surface area (Å²) in [5.41, 5.74) is 2.39. The lowest BCUT2D eigenvalue weighted by atomic mass is 9.86. The number of ether oxygens (including phenoxy) is 2. The van der Waals surface area contributed by atoms with Crippen LogP contribution < -0.4 is 9.47 Å². The molecule has 31 heavy (non-hydrogen) atoms. The molecule has 2 unspecified atom stereocenters. The van der Waals surface area contributed by atoms with Crippen molar-refractivity contribution in [1.82, 2.24) is 0 Å². The average Bonchev–Trinajstić information content (AvgIpc) is 2.70. The third-order valence-corrected chi connectivity index (χ3v) is 5.99. The molecule has 0 spiro atoms. The number of aliphatic hydroxyl groups excluding tert-OH is 2. The number of phenolic OH excluding ortho intramolecular Hbond substituents is 1. The van der Waals surface area contributed by atoms with Crippen molar-refractivity contribution in [1.29, 1.82) is 0 Å². The van der Waals surface area contributed by atoms with Crippen molar-refractivity contribution in [3.63, 3.8) is 0 Å². The molecular weight excluding hydrogens is 396 g/mol. The molecule has 6 nitrogen and oxygen atoms in total. The van der Waals surface area contributed by atoms with Gasteiger partial charge in [-0.05, 0) is 63.9 Å². The molecule has 0 aliphatic carbocycles. The first kappa shape index (κ1) is 21.4. The van der Waals surface area contributed by atoms with Crippen LogP contribution in [-0.4, -0.2) is 32.8 Å². The van der Waals surface area contributed by atoms with Gasteiger partial charge in [-0.1, -0.05) is 17.7 Å². The van der Waals surface area contributed by atoms with Crippen molar-refractivity contribution in [2.24, 2.45) is 0 Å². The Hall–Kier alpha value is -2.83. The molecule has 4 rings (SSSR count). The molecule has 0 amide bonds. The second-order valence-corrected chi connectivity index (χ2v) is 9.05. The van der Waals surface area contributed by atoms with Crippen LogP contribution in [0, 0.1) is 0 Å². The Morgan fingerprint density at radius 3 is 2.65 bits per heavy atom. The minimum atomic E-state index is -1.11. The van der Waals surface area contributed by atoms with E-state index in [0.717, 1.165) is 5.57 Å². The minimum absolute atomic E-state index is 0.0691. The van der Waals surface area contributed by atoms with E-state index < -0.39 is 23.9 Å². The molecule has 0 bridgehead atoms. The fraction of sp³-hybridized carbons (Fsp3) is 0.400. The van der Waals surface area contributed by atoms with Gasteiger partial charge < -0.3 is 24.8 Å². The molecule has 0 saturated carbocycles. The lowest BCUT2D eigenvalue weighted by molar-refractivity contribution is -0.111. The topological polar surface area (TPSA) is 96.2 Å². The van der Waals surface area contributed by atoms with Crippen molar-refractivity contribution < 1.29 is 29.6 Å². The highest BCUT2D eigenvalue weighted by Gasteiger charge is 2.42. The summed E-state index contributed by atoms with van der Waals surface area (Å²) in [4.78, 5) is 12.9. The predicted molar refractivity (Wildman–Crippen MR) is 116 cm³/mol. The van der Waals surface area contributed by atoms with E-state index in [0.29, 0.717) is 40.2 Å². The number of carbonyl (C=O) groups excluding carboxylic acids is 1. The van der Waals surface area contributed by atoms with Gasteiger partial charge in [-0.2, -0.15) is 0 Å². The molecule has 0 aromatic heterocycles. The largest absolute Gasteiger partial charge is 0.508 e. The fourth-order valence-electron chi connectivity index (χ4n) is 4.11. The maximum absolute atomic E-state index is 12.9. The Kier molecular flexibility index (Phi) is 5.31. The zero-order valence-corrected chi connectivity index (χ0v) is 18.2. The summed E-state index contributed by atoms with van der Waals surface area (Å²) < 4.78 is 12.1. The number of rotatable bonds is 3. The van der Waals surface area contributed by atoms with Gasteiger partial charge in [0.2, 0.25) is 0 Å². The van der Waals surface area contributed by atoms with Crippen molar-refractivity contribution in [2.75, 3.05) is 0 Å². The third kappa shape index (κ3) is 3.82. The summed E-state index contributed by atoms with van der Waals surface area (Å²) >= 11 is 0. The van der Waals surface area contributed by atoms with Gasteiger partial charge in [0.1, 0.15) is 41.2 Å². The Bertz CT molecular complexity index is 1060. The van der Waals surface area contributed by atoms with Crippen LogP contribution in [0.25, 0.3) is 0 Å². The highest BCUT2D eigenvalue weighted by molar-refractivity contribution is 6.00. The summed E-state index contributed by atoms with van der Waals surface area (Å²) in [6.45, 7) is 7.38. The number of aromatic hydroxyl groups is 1. The van der Waals surface area contributed by atoms with E-state index in [1.54, 1.807) is 38.1 Å². The first-order valence-corrected chi connectivity index (χ1v) is 10.5. The van der Waals surface area contributed by atoms with Crippen LogP contribution in [0.3, 0.4) is 0 Å². The Balaban J connectivity index is 1.71. The van der Waals surface area contributed by atoms with E-state index in [-0.39, 0.29) is 18.0 Å². The van der Waals surface area contributed by atoms with Gasteiger partial charge in [-0.3, -0.25) is 4.79 Å². The summed E-state index contributed by atoms with van der Waals surface area (Å²) in [5, 5.41) is 31.4. The van der Waals surface area contributed by atoms with Gasteiger partial charge in [0.15, 0.2) is 5.78 Å². The normalized spacial score (nSPS) is 23.8. The Labute approximate surface area is 181 Å². The standard InChI is InChI=1S/C25H28O6/c1-13(2)5-7-15-18(26)9-8-16-19(27)12-21(30-23(15)16)14-6-10-20-17(11-14)22(28)24(29)25(3,4)31-20/h5-6,8-11,21-22,24,26,28-29H,7,12H2,1-4H3/t21-,22?,24?/m0/s1. The summed E-state index contributed by atoms with van der Waals surface area (Å²) in [7, 11) is 0. The second-order valence-electron chi connectivity index (χ2n) is 9.05. The van der Waals surface area contributed by atoms with Crippen LogP contribution in [-0.2, 0) is 6.42 Å². The number of benzene rings is 2. The van der Waals surface area contributed by atoms with Gasteiger partial charge in [0.25, 0.3) is 0 Å². The molecule has 0 fully saturated rings. The zero-order chi connectivity index (χ0) is 22.5. The molecule has 2 aliphatic rings. The Morgan fingerprint density at radius 2 is 1.94 bits per heavy atom. The third-order valence-electron chi connectivity index (χ3n) is 5.99. The van der Waals surface area contributed by atoms with E-state index in [1.807, 2.05) is 19.9 Å². The number of aliphatic hydroxyl groups is 2. The van der Waals surface area contributed by atoms with Crippen LogP contribution in [0.5, 0.6) is 17.2 Å². The van der Waals surface area contributed by atoms with Gasteiger partial charge in [0.05, 0.1) is 12.0 Å². The van der Waals surface area contributed by atoms with Gasteiger partial charge in [-0.15, -0.1) is 0 Å². The van der Waals surface area contributed by atoms with Gasteiger partial charge in [0, 0.05) is 11.1 Å². The van der Waals surface area contributed by atoms with Crippen molar-refractivity contribution in [2.45, 2.75) is 64.4 Å². The number of hydrogen-bond donors (Lipinski definition) is 3. The molecule has 0 saturated heterocycles. The fourth-order valence-corrected chi connectivity index (χ4v) is 4.11. The molecule has 3 atom stereocenters. The van der Waals surface area contributed by atoms with Gasteiger partial charge >= 0.3 is 0 Å². The van der Waals surface area contributed by atoms with Crippen LogP contribution in [0.2, 0.25) is 0 Å². The molecule has 2 aromatic carbocycles. The summed E-state index contributed by atoms with van der Waals surface area (Å²) in [6.07, 6.45) is -0.196. The smallest absolute Gasteiger partial charge is 0.170 e. The Morgan fingerprint density at radius 1 is 1.19 bits per heavy atom. The maximum atomic E-state index is 12.9. The van der Waals surface area contributed by atoms with Crippen LogP contribution in [0.4, 0.5) is 0 Å². The molecule has 2 heterocycles. The first-order chi connectivity index (χ1) is 14.6. The number of fused-ring (bicyclic) bond motifs is 2. The number of allylic oxidation sites excluding steroid dienone is 2. The molecule has 164 valence electrons. The summed E-state index contributed by atoms with van der Waals surface area (Å²) in [5.74, 6) is 0.912. The van der Waals surface area contributed by atoms with E-state index in [4.69, 9.17) is 9.47 Å². The van der Waals surface area contributed by atoms with Crippen LogP contribution >= 0.6 is 0 Å². The number of hydrogen-bond acceptors (Lipinski definition) is 6. The zero-order valence-electron chi connectivity index (χ0n) is 18.2. The molecule has 3 N–H and O–H groups in total. The SMILES string of the molecule is CC(C)=CCc1c(O)ccc2c1O[C@H](c1ccc3c(c1)C(O)C(O)C(C)(C)O3)CC2=O. The predicted octanol–water partition coefficient (Wildman–Crippen LogP) is 4.17. The number of carbonyl (C=O) groups is 1. The van der Waals surface area contributed by atoms with Crippen molar-refractivity contribution in [3.8, 4) is 17.2 Å². The summed E-state index contributed by atoms with van der Waals surface area (Å²) in [6, 6.07) is 8.39. The van der Waals surface area contributed by atoms with E-state index in [9.17, 15) is 20.1 Å². The highest BCUT2D eigenvalue weighted by Crippen LogP contribution is 2.44. The quantitative estimate of drug-likeness (QED) is 0.640. The molecule has 2 aliphatic heterocycles. The molecule has 2 aromatic rings. The lowest BCUT2D eigenvalue weighted by Gasteiger charge is -2.40. The average molecular weight is 424 g/mol. The number of Topliss-reactive ketones (excluding diaryl/α,β-unsaturated/α-hetero) is 1. The monoisotopic (exact) mass is 424 g/mol. The maximum Gasteiger partial charge on any atom is 0.170 e. The van der Waals surface area contributed by atoms with E-state index in [1.165, 1.54) is 6.07 Å². The first-order valence-electron chi connectivity index (χ1n) is 10.5. The van der Waals surface area contributed by atoms with Crippen LogP contribution in [0.1, 0.15) is 73.4 Å². The van der Waals surface area contributed by atoms with E-state index >= 15 is 0 Å². The minimum Gasteiger partial charge on any atom is -0.508 e. The van der Waals surface area contributed by atoms with E-state index in [2.05, 4.69) is 0 Å². The number of ketones is 1.